The predicted molar refractivity (Wildman–Crippen MR) is 95.7 cm³/mol. The topological polar surface area (TPSA) is 114 Å². The van der Waals surface area contributed by atoms with Gasteiger partial charge in [-0.2, -0.15) is 0 Å². The molecular formula is C15H13BrN6O3. The number of fused-ring (bicyclic) bond motifs is 1. The van der Waals surface area contributed by atoms with Crippen molar-refractivity contribution in [3.8, 4) is 0 Å². The molecular weight excluding hydrogens is 392 g/mol. The van der Waals surface area contributed by atoms with Gasteiger partial charge in [-0.05, 0) is 28.1 Å². The maximum absolute atomic E-state index is 12.0. The van der Waals surface area contributed by atoms with E-state index in [4.69, 9.17) is 0 Å². The predicted octanol–water partition coefficient (Wildman–Crippen LogP) is 0.549. The molecule has 0 saturated heterocycles. The van der Waals surface area contributed by atoms with Crippen molar-refractivity contribution in [2.45, 2.75) is 0 Å². The normalized spacial score (nSPS) is 11.1. The highest BCUT2D eigenvalue weighted by Gasteiger charge is 2.14. The Labute approximate surface area is 149 Å². The monoisotopic (exact) mass is 404 g/mol. The number of hydrazine groups is 1. The second-order valence-electron chi connectivity index (χ2n) is 5.02. The number of aryl methyl sites for hydroxylation is 1. The van der Waals surface area contributed by atoms with Crippen molar-refractivity contribution in [3.05, 3.63) is 67.7 Å². The Hall–Kier alpha value is -3.14. The van der Waals surface area contributed by atoms with Crippen molar-refractivity contribution >= 4 is 39.2 Å². The summed E-state index contributed by atoms with van der Waals surface area (Å²) in [6.07, 6.45) is 2.92. The van der Waals surface area contributed by atoms with E-state index in [0.29, 0.717) is 10.3 Å². The number of nitrogens with one attached hydrogen (secondary N) is 3. The van der Waals surface area contributed by atoms with Crippen LogP contribution in [-0.4, -0.2) is 25.0 Å². The highest BCUT2D eigenvalue weighted by atomic mass is 79.9. The summed E-state index contributed by atoms with van der Waals surface area (Å²) in [5, 5.41) is 0. The zero-order chi connectivity index (χ0) is 18.0. The molecule has 0 atom stereocenters. The van der Waals surface area contributed by atoms with E-state index < -0.39 is 11.2 Å². The van der Waals surface area contributed by atoms with E-state index in [-0.39, 0.29) is 17.1 Å². The Kier molecular flexibility index (Phi) is 4.52. The van der Waals surface area contributed by atoms with Gasteiger partial charge in [-0.15, -0.1) is 0 Å². The first-order valence-corrected chi connectivity index (χ1v) is 7.92. The molecule has 10 heteroatoms. The summed E-state index contributed by atoms with van der Waals surface area (Å²) in [7, 11) is 1.51. The Morgan fingerprint density at radius 1 is 1.28 bits per heavy atom. The van der Waals surface area contributed by atoms with Gasteiger partial charge >= 0.3 is 5.69 Å². The van der Waals surface area contributed by atoms with E-state index in [0.717, 1.165) is 0 Å². The molecule has 0 unspecified atom stereocenters. The number of imidazole rings is 1. The number of H-pyrrole nitrogens is 1. The summed E-state index contributed by atoms with van der Waals surface area (Å²) in [6, 6.07) is 8.70. The van der Waals surface area contributed by atoms with Crippen LogP contribution in [0.3, 0.4) is 0 Å². The number of aromatic amines is 1. The van der Waals surface area contributed by atoms with E-state index in [1.54, 1.807) is 24.3 Å². The summed E-state index contributed by atoms with van der Waals surface area (Å²) in [6.45, 7) is 0. The lowest BCUT2D eigenvalue weighted by Gasteiger charge is -2.04. The first-order valence-electron chi connectivity index (χ1n) is 7.13. The number of nitrogens with zero attached hydrogens (tertiary/aromatic N) is 3. The zero-order valence-corrected chi connectivity index (χ0v) is 14.6. The molecule has 3 N–H and O–H groups in total. The van der Waals surface area contributed by atoms with Gasteiger partial charge in [0.1, 0.15) is 0 Å². The highest BCUT2D eigenvalue weighted by Crippen LogP contribution is 2.15. The van der Waals surface area contributed by atoms with Crippen molar-refractivity contribution in [2.24, 2.45) is 7.05 Å². The third kappa shape index (κ3) is 3.24. The maximum atomic E-state index is 12.0. The molecule has 0 aliphatic carbocycles. The summed E-state index contributed by atoms with van der Waals surface area (Å²) >= 11 is 3.24. The minimum atomic E-state index is -0.561. The van der Waals surface area contributed by atoms with Gasteiger partial charge in [0.2, 0.25) is 0 Å². The number of rotatable bonds is 4. The van der Waals surface area contributed by atoms with E-state index in [1.807, 2.05) is 6.07 Å². The van der Waals surface area contributed by atoms with Crippen LogP contribution in [0.2, 0.25) is 0 Å². The maximum Gasteiger partial charge on any atom is 0.329 e. The van der Waals surface area contributed by atoms with Gasteiger partial charge in [0.05, 0.1) is 0 Å². The highest BCUT2D eigenvalue weighted by molar-refractivity contribution is 9.10. The molecule has 0 bridgehead atoms. The fourth-order valence-corrected chi connectivity index (χ4v) is 2.66. The third-order valence-corrected chi connectivity index (χ3v) is 4.00. The quantitative estimate of drug-likeness (QED) is 0.433. The van der Waals surface area contributed by atoms with Crippen LogP contribution in [-0.2, 0) is 7.05 Å². The lowest BCUT2D eigenvalue weighted by atomic mass is 10.2. The number of benzene rings is 1. The van der Waals surface area contributed by atoms with E-state index in [1.165, 1.54) is 28.6 Å². The smallest absolute Gasteiger partial charge is 0.304 e. The minimum Gasteiger partial charge on any atom is -0.304 e. The Morgan fingerprint density at radius 2 is 2.00 bits per heavy atom. The average molecular weight is 405 g/mol. The van der Waals surface area contributed by atoms with Crippen LogP contribution in [0.1, 0.15) is 10.4 Å². The number of hydrogen-bond acceptors (Lipinski definition) is 5. The molecule has 9 nitrogen and oxygen atoms in total. The van der Waals surface area contributed by atoms with Gasteiger partial charge in [0.25, 0.3) is 11.5 Å². The SMILES string of the molecule is Cn1c(=O)[nH]c(=O)c2c1nc(Br)n2/C=C/NNC(=O)c1ccccc1. The molecule has 1 aromatic carbocycles. The van der Waals surface area contributed by atoms with Crippen molar-refractivity contribution < 1.29 is 4.79 Å². The fourth-order valence-electron chi connectivity index (χ4n) is 2.19. The van der Waals surface area contributed by atoms with Gasteiger partial charge in [-0.25, -0.2) is 9.78 Å². The summed E-state index contributed by atoms with van der Waals surface area (Å²) in [5.74, 6) is -0.306. The summed E-state index contributed by atoms with van der Waals surface area (Å²) in [4.78, 5) is 41.9. The van der Waals surface area contributed by atoms with Crippen molar-refractivity contribution in [1.82, 2.24) is 30.0 Å². The molecule has 0 aliphatic rings. The molecule has 0 aliphatic heterocycles. The standard InChI is InChI=1S/C15H13BrN6O3/c1-21-11-10(13(24)19-15(21)25)22(14(16)18-11)8-7-17-20-12(23)9-5-3-2-4-6-9/h2-8,17H,1H3,(H,20,23)(H,19,24,25)/b8-7+. The van der Waals surface area contributed by atoms with Crippen LogP contribution < -0.4 is 22.1 Å². The van der Waals surface area contributed by atoms with Crippen LogP contribution in [0.4, 0.5) is 0 Å². The number of carbonyl (C=O) groups excluding carboxylic acids is 1. The minimum absolute atomic E-state index is 0.196. The van der Waals surface area contributed by atoms with Crippen LogP contribution in [0, 0.1) is 0 Å². The molecule has 3 aromatic rings. The number of hydrogen-bond donors (Lipinski definition) is 3. The average Bonchev–Trinajstić information content (AvgIpc) is 2.94. The van der Waals surface area contributed by atoms with Crippen LogP contribution >= 0.6 is 15.9 Å². The number of carbonyl (C=O) groups is 1. The Bertz CT molecular complexity index is 1080. The lowest BCUT2D eigenvalue weighted by molar-refractivity contribution is 0.0941. The number of aromatic nitrogens is 4. The molecule has 1 amide bonds. The molecule has 0 radical (unpaired) electrons. The van der Waals surface area contributed by atoms with E-state index >= 15 is 0 Å². The van der Waals surface area contributed by atoms with Crippen LogP contribution in [0.5, 0.6) is 0 Å². The molecule has 2 heterocycles. The third-order valence-electron chi connectivity index (χ3n) is 3.44. The summed E-state index contributed by atoms with van der Waals surface area (Å²) < 4.78 is 3.01. The number of amides is 1. The molecule has 3 rings (SSSR count). The molecule has 2 aromatic heterocycles. The first-order chi connectivity index (χ1) is 12.0. The van der Waals surface area contributed by atoms with Crippen LogP contribution in [0.25, 0.3) is 17.4 Å². The Balaban J connectivity index is 1.82. The Morgan fingerprint density at radius 3 is 2.72 bits per heavy atom. The lowest BCUT2D eigenvalue weighted by Crippen LogP contribution is -2.33. The molecule has 25 heavy (non-hydrogen) atoms. The fraction of sp³-hybridized carbons (Fsp3) is 0.0667. The van der Waals surface area contributed by atoms with Crippen molar-refractivity contribution in [2.75, 3.05) is 0 Å². The van der Waals surface area contributed by atoms with E-state index in [2.05, 4.69) is 36.7 Å². The molecule has 128 valence electrons. The van der Waals surface area contributed by atoms with Gasteiger partial charge in [0, 0.05) is 25.0 Å². The number of halogens is 1. The molecule has 0 saturated carbocycles. The van der Waals surface area contributed by atoms with Gasteiger partial charge in [-0.3, -0.25) is 29.1 Å². The van der Waals surface area contributed by atoms with Crippen molar-refractivity contribution in [1.29, 1.82) is 0 Å². The second-order valence-corrected chi connectivity index (χ2v) is 5.73. The first kappa shape index (κ1) is 16.7. The molecule has 0 spiro atoms. The largest absolute Gasteiger partial charge is 0.329 e. The van der Waals surface area contributed by atoms with Crippen molar-refractivity contribution in [3.63, 3.8) is 0 Å². The van der Waals surface area contributed by atoms with Gasteiger partial charge in [-0.1, -0.05) is 18.2 Å². The van der Waals surface area contributed by atoms with Crippen LogP contribution in [0.15, 0.2) is 50.9 Å². The van der Waals surface area contributed by atoms with Gasteiger partial charge in [0.15, 0.2) is 15.9 Å². The van der Waals surface area contributed by atoms with Gasteiger partial charge < -0.3 is 5.43 Å². The second kappa shape index (κ2) is 6.77. The zero-order valence-electron chi connectivity index (χ0n) is 13.0. The molecule has 0 fully saturated rings. The van der Waals surface area contributed by atoms with E-state index in [9.17, 15) is 14.4 Å². The summed E-state index contributed by atoms with van der Waals surface area (Å²) in [5.41, 5.74) is 4.95.